The van der Waals surface area contributed by atoms with Crippen molar-refractivity contribution in [1.82, 2.24) is 0 Å². The smallest absolute Gasteiger partial charge is 0.310 e. The maximum Gasteiger partial charge on any atom is 0.310 e. The van der Waals surface area contributed by atoms with Gasteiger partial charge >= 0.3 is 5.97 Å². The van der Waals surface area contributed by atoms with E-state index in [0.29, 0.717) is 12.2 Å². The lowest BCUT2D eigenvalue weighted by atomic mass is 10.1. The van der Waals surface area contributed by atoms with Gasteiger partial charge in [-0.05, 0) is 30.2 Å². The summed E-state index contributed by atoms with van der Waals surface area (Å²) in [5.41, 5.74) is 1.04. The summed E-state index contributed by atoms with van der Waals surface area (Å²) in [5.74, 6) is 0.476. The molecule has 0 aliphatic carbocycles. The molecule has 76 valence electrons. The molecule has 0 aliphatic rings. The molecule has 0 atom stereocenters. The normalized spacial score (nSPS) is 9.93. The van der Waals surface area contributed by atoms with Crippen molar-refractivity contribution in [3.05, 3.63) is 28.2 Å². The molecule has 1 aromatic carbocycles. The zero-order valence-electron chi connectivity index (χ0n) is 8.34. The Hall–Kier alpha value is -0.830. The summed E-state index contributed by atoms with van der Waals surface area (Å²) >= 11 is 3.38. The predicted molar refractivity (Wildman–Crippen MR) is 59.4 cm³/mol. The van der Waals surface area contributed by atoms with Gasteiger partial charge < -0.3 is 4.74 Å². The van der Waals surface area contributed by atoms with Gasteiger partial charge in [0.05, 0.1) is 0 Å². The second-order valence-electron chi connectivity index (χ2n) is 2.93. The van der Waals surface area contributed by atoms with E-state index in [-0.39, 0.29) is 5.97 Å². The topological polar surface area (TPSA) is 26.3 Å². The number of halogens is 1. The molecule has 14 heavy (non-hydrogen) atoms. The Morgan fingerprint density at radius 2 is 2.14 bits per heavy atom. The van der Waals surface area contributed by atoms with Gasteiger partial charge in [0.15, 0.2) is 0 Å². The van der Waals surface area contributed by atoms with Crippen LogP contribution >= 0.6 is 15.9 Å². The van der Waals surface area contributed by atoms with Crippen molar-refractivity contribution in [3.63, 3.8) is 0 Å². The molecule has 0 N–H and O–H groups in total. The van der Waals surface area contributed by atoms with Crippen LogP contribution in [0.1, 0.15) is 25.8 Å². The lowest BCUT2D eigenvalue weighted by Gasteiger charge is -2.08. The number of hydrogen-bond acceptors (Lipinski definition) is 2. The quantitative estimate of drug-likeness (QED) is 0.613. The van der Waals surface area contributed by atoms with Gasteiger partial charge in [-0.25, -0.2) is 0 Å². The Morgan fingerprint density at radius 3 is 2.71 bits per heavy atom. The Labute approximate surface area is 92.4 Å². The van der Waals surface area contributed by atoms with E-state index in [0.717, 1.165) is 16.5 Å². The van der Waals surface area contributed by atoms with Crippen LogP contribution in [0.25, 0.3) is 0 Å². The van der Waals surface area contributed by atoms with Gasteiger partial charge in [0.2, 0.25) is 0 Å². The van der Waals surface area contributed by atoms with Crippen LogP contribution in [0.2, 0.25) is 0 Å². The maximum atomic E-state index is 11.1. The highest BCUT2D eigenvalue weighted by Gasteiger charge is 2.06. The fourth-order valence-electron chi connectivity index (χ4n) is 1.12. The predicted octanol–water partition coefficient (Wildman–Crippen LogP) is 3.33. The van der Waals surface area contributed by atoms with Crippen LogP contribution in [0.15, 0.2) is 22.7 Å². The minimum Gasteiger partial charge on any atom is -0.426 e. The molecule has 0 aliphatic heterocycles. The van der Waals surface area contributed by atoms with Gasteiger partial charge in [-0.2, -0.15) is 0 Å². The number of rotatable bonds is 3. The van der Waals surface area contributed by atoms with E-state index in [2.05, 4.69) is 15.9 Å². The van der Waals surface area contributed by atoms with Crippen LogP contribution in [-0.4, -0.2) is 5.97 Å². The van der Waals surface area contributed by atoms with Gasteiger partial charge in [-0.1, -0.05) is 29.8 Å². The van der Waals surface area contributed by atoms with Crippen LogP contribution in [0, 0.1) is 0 Å². The van der Waals surface area contributed by atoms with E-state index >= 15 is 0 Å². The van der Waals surface area contributed by atoms with Gasteiger partial charge in [0.1, 0.15) is 5.75 Å². The molecule has 0 saturated carbocycles. The molecular formula is C11H13BrO2. The van der Waals surface area contributed by atoms with Crippen LogP contribution in [-0.2, 0) is 11.2 Å². The summed E-state index contributed by atoms with van der Waals surface area (Å²) in [6.07, 6.45) is 1.25. The number of hydrogen-bond donors (Lipinski definition) is 0. The van der Waals surface area contributed by atoms with E-state index in [9.17, 15) is 4.79 Å². The van der Waals surface area contributed by atoms with Crippen molar-refractivity contribution >= 4 is 21.9 Å². The molecule has 0 aromatic heterocycles. The summed E-state index contributed by atoms with van der Waals surface area (Å²) in [4.78, 5) is 11.1. The average Bonchev–Trinajstić information content (AvgIpc) is 2.20. The molecule has 0 heterocycles. The van der Waals surface area contributed by atoms with Crippen molar-refractivity contribution in [1.29, 1.82) is 0 Å². The lowest BCUT2D eigenvalue weighted by Crippen LogP contribution is -2.07. The van der Waals surface area contributed by atoms with Gasteiger partial charge in [0.25, 0.3) is 0 Å². The lowest BCUT2D eigenvalue weighted by molar-refractivity contribution is -0.134. The summed E-state index contributed by atoms with van der Waals surface area (Å²) < 4.78 is 6.19. The number of ether oxygens (including phenoxy) is 1. The number of benzene rings is 1. The average molecular weight is 257 g/mol. The SMILES string of the molecule is CCC(=O)Oc1ccc(Br)cc1CC. The Morgan fingerprint density at radius 1 is 1.43 bits per heavy atom. The molecule has 1 rings (SSSR count). The first-order valence-electron chi connectivity index (χ1n) is 4.66. The summed E-state index contributed by atoms with van der Waals surface area (Å²) in [7, 11) is 0. The van der Waals surface area contributed by atoms with Crippen LogP contribution in [0.3, 0.4) is 0 Å². The van der Waals surface area contributed by atoms with Crippen molar-refractivity contribution in [2.45, 2.75) is 26.7 Å². The van der Waals surface area contributed by atoms with Crippen LogP contribution in [0.5, 0.6) is 5.75 Å². The molecular weight excluding hydrogens is 244 g/mol. The van der Waals surface area contributed by atoms with Gasteiger partial charge in [-0.3, -0.25) is 4.79 Å². The van der Waals surface area contributed by atoms with Crippen LogP contribution in [0.4, 0.5) is 0 Å². The van der Waals surface area contributed by atoms with E-state index in [4.69, 9.17) is 4.74 Å². The fraction of sp³-hybridized carbons (Fsp3) is 0.364. The highest BCUT2D eigenvalue weighted by Crippen LogP contribution is 2.23. The first kappa shape index (κ1) is 11.2. The second-order valence-corrected chi connectivity index (χ2v) is 3.85. The van der Waals surface area contributed by atoms with Crippen LogP contribution < -0.4 is 4.74 Å². The molecule has 2 nitrogen and oxygen atoms in total. The fourth-order valence-corrected chi connectivity index (χ4v) is 1.53. The standard InChI is InChI=1S/C11H13BrO2/c1-3-8-7-9(12)5-6-10(8)14-11(13)4-2/h5-7H,3-4H2,1-2H3. The maximum absolute atomic E-state index is 11.1. The summed E-state index contributed by atoms with van der Waals surface area (Å²) in [5, 5.41) is 0. The molecule has 3 heteroatoms. The third-order valence-electron chi connectivity index (χ3n) is 1.92. The van der Waals surface area contributed by atoms with E-state index in [1.54, 1.807) is 6.92 Å². The molecule has 0 radical (unpaired) electrons. The first-order chi connectivity index (χ1) is 6.67. The highest BCUT2D eigenvalue weighted by atomic mass is 79.9. The minimum atomic E-state index is -0.193. The first-order valence-corrected chi connectivity index (χ1v) is 5.45. The number of carbonyl (C=O) groups is 1. The third-order valence-corrected chi connectivity index (χ3v) is 2.41. The zero-order valence-corrected chi connectivity index (χ0v) is 9.93. The Kier molecular flexibility index (Phi) is 4.14. The summed E-state index contributed by atoms with van der Waals surface area (Å²) in [6, 6.07) is 5.66. The van der Waals surface area contributed by atoms with Gasteiger partial charge in [0, 0.05) is 10.9 Å². The molecule has 0 spiro atoms. The third kappa shape index (κ3) is 2.84. The zero-order chi connectivity index (χ0) is 10.6. The number of carbonyl (C=O) groups excluding carboxylic acids is 1. The van der Waals surface area contributed by atoms with Gasteiger partial charge in [-0.15, -0.1) is 0 Å². The molecule has 1 aromatic rings. The molecule has 0 saturated heterocycles. The molecule has 0 unspecified atom stereocenters. The van der Waals surface area contributed by atoms with Crippen molar-refractivity contribution in [2.24, 2.45) is 0 Å². The highest BCUT2D eigenvalue weighted by molar-refractivity contribution is 9.10. The van der Waals surface area contributed by atoms with Crippen molar-refractivity contribution < 1.29 is 9.53 Å². The largest absolute Gasteiger partial charge is 0.426 e. The minimum absolute atomic E-state index is 0.193. The van der Waals surface area contributed by atoms with Crippen molar-refractivity contribution in [3.8, 4) is 5.75 Å². The van der Waals surface area contributed by atoms with E-state index in [1.165, 1.54) is 0 Å². The molecule has 0 fully saturated rings. The summed E-state index contributed by atoms with van der Waals surface area (Å²) in [6.45, 7) is 3.82. The van der Waals surface area contributed by atoms with E-state index in [1.807, 2.05) is 25.1 Å². The molecule has 0 bridgehead atoms. The van der Waals surface area contributed by atoms with Crippen molar-refractivity contribution in [2.75, 3.05) is 0 Å². The number of aryl methyl sites for hydroxylation is 1. The Bertz CT molecular complexity index is 334. The molecule has 0 amide bonds. The second kappa shape index (κ2) is 5.15. The van der Waals surface area contributed by atoms with E-state index < -0.39 is 0 Å². The number of esters is 1. The monoisotopic (exact) mass is 256 g/mol. The Balaban J connectivity index is 2.90.